The molecule has 0 fully saturated rings. The quantitative estimate of drug-likeness (QED) is 0.244. The lowest BCUT2D eigenvalue weighted by molar-refractivity contribution is -0.157. The Morgan fingerprint density at radius 3 is 2.23 bits per heavy atom. The smallest absolute Gasteiger partial charge is 0.323 e. The molecule has 40 heavy (non-hydrogen) atoms. The topological polar surface area (TPSA) is 89.4 Å². The number of ether oxygens (including phenoxy) is 1. The minimum atomic E-state index is -0.606. The van der Waals surface area contributed by atoms with Gasteiger partial charge in [0, 0.05) is 13.1 Å². The van der Waals surface area contributed by atoms with E-state index in [1.54, 1.807) is 32.2 Å². The molecule has 0 aliphatic carbocycles. The summed E-state index contributed by atoms with van der Waals surface area (Å²) in [6.45, 7) is 12.0. The molecule has 1 atom stereocenters. The highest BCUT2D eigenvalue weighted by atomic mass is 19.1. The van der Waals surface area contributed by atoms with Crippen molar-refractivity contribution >= 4 is 17.6 Å². The van der Waals surface area contributed by atoms with E-state index in [0.717, 1.165) is 5.56 Å². The average Bonchev–Trinajstić information content (AvgIpc) is 2.86. The van der Waals surface area contributed by atoms with E-state index < -0.39 is 23.2 Å². The van der Waals surface area contributed by atoms with Crippen molar-refractivity contribution in [2.45, 2.75) is 66.0 Å². The average molecular weight is 550 g/mol. The van der Waals surface area contributed by atoms with Crippen LogP contribution in [0.2, 0.25) is 0 Å². The third-order valence-electron chi connectivity index (χ3n) is 6.34. The molecule has 3 rings (SSSR count). The first-order valence-corrected chi connectivity index (χ1v) is 13.6. The summed E-state index contributed by atoms with van der Waals surface area (Å²) in [6.07, 6.45) is 1.34. The Hall–Kier alpha value is -3.78. The number of hydrogen-bond donors (Lipinski definition) is 2. The van der Waals surface area contributed by atoms with E-state index in [1.807, 2.05) is 32.9 Å². The third kappa shape index (κ3) is 7.88. The molecule has 0 amide bonds. The first-order chi connectivity index (χ1) is 18.8. The van der Waals surface area contributed by atoms with E-state index in [9.17, 15) is 18.8 Å². The van der Waals surface area contributed by atoms with Crippen LogP contribution in [0, 0.1) is 18.7 Å². The molecule has 3 aromatic rings. The Bertz CT molecular complexity index is 1410. The van der Waals surface area contributed by atoms with Gasteiger partial charge in [-0.15, -0.1) is 0 Å². The number of ketones is 1. The second-order valence-corrected chi connectivity index (χ2v) is 11.4. The van der Waals surface area contributed by atoms with Crippen LogP contribution in [0.4, 0.5) is 10.2 Å². The summed E-state index contributed by atoms with van der Waals surface area (Å²) in [5.41, 5.74) is 1.55. The first-order valence-electron chi connectivity index (χ1n) is 13.6. The first kappa shape index (κ1) is 30.8. The van der Waals surface area contributed by atoms with Crippen molar-refractivity contribution in [3.63, 3.8) is 0 Å². The number of carbonyl (C=O) groups is 2. The predicted octanol–water partition coefficient (Wildman–Crippen LogP) is 5.45. The van der Waals surface area contributed by atoms with Gasteiger partial charge in [-0.2, -0.15) is 0 Å². The molecule has 0 aliphatic rings. The minimum Gasteiger partial charge on any atom is -0.459 e. The van der Waals surface area contributed by atoms with Gasteiger partial charge in [0.25, 0.3) is 5.56 Å². The third-order valence-corrected chi connectivity index (χ3v) is 6.34. The number of benzene rings is 2. The van der Waals surface area contributed by atoms with Crippen LogP contribution in [0.5, 0.6) is 0 Å². The van der Waals surface area contributed by atoms with Crippen molar-refractivity contribution in [3.05, 3.63) is 93.0 Å². The van der Waals surface area contributed by atoms with E-state index in [4.69, 9.17) is 4.74 Å². The molecule has 7 nitrogen and oxygen atoms in total. The number of anilines is 1. The SMILES string of the molecule is CNc1c(C(=O)c2ccc(C)cc2F)ccc(=O)n1-c1ccc(CCN[C@@H](CC(C)C)C(=O)OC(C)(C)C)cc1. The molecule has 0 radical (unpaired) electrons. The maximum atomic E-state index is 14.6. The van der Waals surface area contributed by atoms with Gasteiger partial charge < -0.3 is 15.4 Å². The van der Waals surface area contributed by atoms with E-state index in [0.29, 0.717) is 36.6 Å². The van der Waals surface area contributed by atoms with Crippen molar-refractivity contribution in [1.29, 1.82) is 0 Å². The van der Waals surface area contributed by atoms with E-state index in [-0.39, 0.29) is 28.5 Å². The molecule has 0 saturated heterocycles. The number of esters is 1. The zero-order valence-electron chi connectivity index (χ0n) is 24.4. The summed E-state index contributed by atoms with van der Waals surface area (Å²) >= 11 is 0. The van der Waals surface area contributed by atoms with Crippen molar-refractivity contribution in [2.24, 2.45) is 5.92 Å². The number of pyridine rings is 1. The molecule has 2 N–H and O–H groups in total. The number of nitrogens with one attached hydrogen (secondary N) is 2. The van der Waals surface area contributed by atoms with Crippen LogP contribution in [-0.4, -0.2) is 41.6 Å². The van der Waals surface area contributed by atoms with Gasteiger partial charge in [-0.3, -0.25) is 19.0 Å². The van der Waals surface area contributed by atoms with Crippen LogP contribution in [-0.2, 0) is 16.0 Å². The molecule has 0 bridgehead atoms. The van der Waals surface area contributed by atoms with Crippen molar-refractivity contribution in [3.8, 4) is 5.69 Å². The number of rotatable bonds is 11. The largest absolute Gasteiger partial charge is 0.459 e. The lowest BCUT2D eigenvalue weighted by Crippen LogP contribution is -2.42. The standard InChI is InChI=1S/C32H40FN3O4/c1-20(2)18-27(31(39)40-32(4,5)6)35-17-16-22-9-11-23(12-10-22)36-28(37)15-14-25(30(36)34-7)29(38)24-13-8-21(3)19-26(24)33/h8-15,19-20,27,34-35H,16-18H2,1-7H3/t27-/m0/s1. The number of nitrogens with zero attached hydrogens (tertiary/aromatic N) is 1. The Balaban J connectivity index is 1.79. The molecular formula is C32H40FN3O4. The molecule has 8 heteroatoms. The normalized spacial score (nSPS) is 12.3. The molecule has 0 spiro atoms. The Morgan fingerprint density at radius 1 is 1.00 bits per heavy atom. The van der Waals surface area contributed by atoms with Gasteiger partial charge in [0.2, 0.25) is 0 Å². The number of halogens is 1. The Labute approximate surface area is 235 Å². The molecule has 0 aliphatic heterocycles. The fourth-order valence-corrected chi connectivity index (χ4v) is 4.48. The van der Waals surface area contributed by atoms with Gasteiger partial charge in [0.05, 0.1) is 16.8 Å². The summed E-state index contributed by atoms with van der Waals surface area (Å²) < 4.78 is 21.5. The van der Waals surface area contributed by atoms with E-state index >= 15 is 0 Å². The molecule has 2 aromatic carbocycles. The van der Waals surface area contributed by atoms with Crippen LogP contribution in [0.25, 0.3) is 5.69 Å². The summed E-state index contributed by atoms with van der Waals surface area (Å²) in [5.74, 6) is -0.769. The number of aryl methyl sites for hydroxylation is 1. The second-order valence-electron chi connectivity index (χ2n) is 11.4. The van der Waals surface area contributed by atoms with Gasteiger partial charge in [-0.1, -0.05) is 32.0 Å². The lowest BCUT2D eigenvalue weighted by Gasteiger charge is -2.25. The molecule has 1 heterocycles. The van der Waals surface area contributed by atoms with E-state index in [1.165, 1.54) is 28.8 Å². The van der Waals surface area contributed by atoms with Crippen molar-refractivity contribution in [2.75, 3.05) is 18.9 Å². The van der Waals surface area contributed by atoms with E-state index in [2.05, 4.69) is 24.5 Å². The lowest BCUT2D eigenvalue weighted by atomic mass is 10.0. The fraction of sp³-hybridized carbons (Fsp3) is 0.406. The second kappa shape index (κ2) is 13.0. The highest BCUT2D eigenvalue weighted by molar-refractivity contribution is 6.12. The zero-order chi connectivity index (χ0) is 29.6. The highest BCUT2D eigenvalue weighted by Gasteiger charge is 2.25. The van der Waals surface area contributed by atoms with Gasteiger partial charge in [0.15, 0.2) is 5.78 Å². The van der Waals surface area contributed by atoms with Crippen LogP contribution < -0.4 is 16.2 Å². The summed E-state index contributed by atoms with van der Waals surface area (Å²) in [4.78, 5) is 38.8. The maximum absolute atomic E-state index is 14.6. The zero-order valence-corrected chi connectivity index (χ0v) is 24.4. The molecule has 0 unspecified atom stereocenters. The van der Waals surface area contributed by atoms with Gasteiger partial charge in [-0.25, -0.2) is 4.39 Å². The molecule has 214 valence electrons. The molecule has 1 aromatic heterocycles. The summed E-state index contributed by atoms with van der Waals surface area (Å²) in [6, 6.07) is 14.2. The minimum absolute atomic E-state index is 0.0581. The van der Waals surface area contributed by atoms with Crippen LogP contribution >= 0.6 is 0 Å². The molecular weight excluding hydrogens is 509 g/mol. The van der Waals surface area contributed by atoms with Crippen molar-refractivity contribution in [1.82, 2.24) is 9.88 Å². The Morgan fingerprint density at radius 2 is 1.65 bits per heavy atom. The van der Waals surface area contributed by atoms with Crippen molar-refractivity contribution < 1.29 is 18.7 Å². The van der Waals surface area contributed by atoms with Gasteiger partial charge >= 0.3 is 5.97 Å². The summed E-state index contributed by atoms with van der Waals surface area (Å²) in [5, 5.41) is 6.29. The fourth-order valence-electron chi connectivity index (χ4n) is 4.48. The predicted molar refractivity (Wildman–Crippen MR) is 157 cm³/mol. The number of carbonyl (C=O) groups excluding carboxylic acids is 2. The van der Waals surface area contributed by atoms with Gasteiger partial charge in [0.1, 0.15) is 23.3 Å². The number of hydrogen-bond acceptors (Lipinski definition) is 6. The summed E-state index contributed by atoms with van der Waals surface area (Å²) in [7, 11) is 1.62. The highest BCUT2D eigenvalue weighted by Crippen LogP contribution is 2.23. The number of aromatic nitrogens is 1. The monoisotopic (exact) mass is 549 g/mol. The Kier molecular flexibility index (Phi) is 10.0. The van der Waals surface area contributed by atoms with Crippen LogP contribution in [0.15, 0.2) is 59.4 Å². The molecule has 0 saturated carbocycles. The van der Waals surface area contributed by atoms with Crippen LogP contribution in [0.3, 0.4) is 0 Å². The van der Waals surface area contributed by atoms with Crippen LogP contribution in [0.1, 0.15) is 68.1 Å². The maximum Gasteiger partial charge on any atom is 0.323 e. The van der Waals surface area contributed by atoms with Gasteiger partial charge in [-0.05, 0) is 94.5 Å².